The highest BCUT2D eigenvalue weighted by Crippen LogP contribution is 2.24. The van der Waals surface area contributed by atoms with Crippen molar-refractivity contribution < 1.29 is 19.6 Å². The molecule has 1 aliphatic carbocycles. The Hall–Kier alpha value is -2.44. The van der Waals surface area contributed by atoms with E-state index in [1.54, 1.807) is 11.9 Å². The maximum atomic E-state index is 12.6. The molecule has 1 aromatic carbocycles. The molecule has 1 N–H and O–H groups in total. The number of hydrogen-bond acceptors (Lipinski definition) is 4. The molecule has 1 aliphatic rings. The van der Waals surface area contributed by atoms with Crippen molar-refractivity contribution in [2.24, 2.45) is 0 Å². The topological polar surface area (TPSA) is 101 Å². The molecule has 0 atom stereocenters. The van der Waals surface area contributed by atoms with Crippen LogP contribution in [0.15, 0.2) is 18.2 Å². The van der Waals surface area contributed by atoms with Gasteiger partial charge in [0.05, 0.1) is 10.5 Å². The van der Waals surface area contributed by atoms with Crippen LogP contribution >= 0.6 is 0 Å². The number of non-ortho nitro benzene ring substituents is 1. The van der Waals surface area contributed by atoms with Gasteiger partial charge in [0.25, 0.3) is 11.6 Å². The highest BCUT2D eigenvalue weighted by molar-refractivity contribution is 5.98. The molecule has 0 spiro atoms. The van der Waals surface area contributed by atoms with Gasteiger partial charge in [-0.25, -0.2) is 4.79 Å². The Morgan fingerprint density at radius 3 is 2.22 bits per heavy atom. The molecule has 124 valence electrons. The van der Waals surface area contributed by atoms with Crippen LogP contribution in [0.2, 0.25) is 0 Å². The number of nitrogens with zero attached hydrogens (tertiary/aromatic N) is 2. The van der Waals surface area contributed by atoms with Crippen LogP contribution in [0, 0.1) is 10.1 Å². The van der Waals surface area contributed by atoms with E-state index in [9.17, 15) is 19.7 Å². The van der Waals surface area contributed by atoms with Gasteiger partial charge in [-0.3, -0.25) is 14.9 Å². The summed E-state index contributed by atoms with van der Waals surface area (Å²) in [6, 6.07) is 3.40. The number of carboxylic acids is 1. The minimum atomic E-state index is -1.29. The zero-order chi connectivity index (χ0) is 17.0. The first-order valence-corrected chi connectivity index (χ1v) is 7.70. The third kappa shape index (κ3) is 4.06. The third-order valence-electron chi connectivity index (χ3n) is 4.32. The first kappa shape index (κ1) is 16.9. The lowest BCUT2D eigenvalue weighted by Crippen LogP contribution is -2.36. The Morgan fingerprint density at radius 1 is 1.13 bits per heavy atom. The zero-order valence-corrected chi connectivity index (χ0v) is 13.0. The second-order valence-corrected chi connectivity index (χ2v) is 5.89. The van der Waals surface area contributed by atoms with Crippen molar-refractivity contribution in [1.29, 1.82) is 0 Å². The fourth-order valence-corrected chi connectivity index (χ4v) is 2.98. The molecular formula is C16H20N2O5. The smallest absolute Gasteiger partial charge is 0.335 e. The Kier molecular flexibility index (Phi) is 5.31. The van der Waals surface area contributed by atoms with Crippen molar-refractivity contribution in [2.75, 3.05) is 7.05 Å². The predicted octanol–water partition coefficient (Wildman–Crippen LogP) is 3.09. The Labute approximate surface area is 134 Å². The molecule has 0 heterocycles. The lowest BCUT2D eigenvalue weighted by Gasteiger charge is -2.27. The molecule has 1 fully saturated rings. The number of carbonyl (C=O) groups is 2. The summed E-state index contributed by atoms with van der Waals surface area (Å²) in [5.74, 6) is -1.66. The van der Waals surface area contributed by atoms with Crippen molar-refractivity contribution in [3.63, 3.8) is 0 Å². The number of nitro groups is 1. The average Bonchev–Trinajstić information content (AvgIpc) is 2.82. The first-order valence-electron chi connectivity index (χ1n) is 7.70. The summed E-state index contributed by atoms with van der Waals surface area (Å²) >= 11 is 0. The number of amides is 1. The van der Waals surface area contributed by atoms with E-state index in [1.807, 2.05) is 0 Å². The standard InChI is InChI=1S/C16H20N2O5/c1-17(13-6-4-2-3-5-7-13)15(19)11-8-12(16(20)21)10-14(9-11)18(22)23/h8-10,13H,2-7H2,1H3,(H,20,21). The van der Waals surface area contributed by atoms with E-state index in [0.717, 1.165) is 50.7 Å². The van der Waals surface area contributed by atoms with Gasteiger partial charge in [0.2, 0.25) is 0 Å². The van der Waals surface area contributed by atoms with Gasteiger partial charge in [0, 0.05) is 30.8 Å². The Balaban J connectivity index is 2.29. The number of aromatic carboxylic acids is 1. The molecule has 0 aliphatic heterocycles. The van der Waals surface area contributed by atoms with Crippen molar-refractivity contribution in [2.45, 2.75) is 44.6 Å². The van der Waals surface area contributed by atoms with E-state index in [1.165, 1.54) is 6.07 Å². The minimum Gasteiger partial charge on any atom is -0.478 e. The number of hydrogen-bond donors (Lipinski definition) is 1. The molecule has 1 amide bonds. The van der Waals surface area contributed by atoms with Gasteiger partial charge < -0.3 is 10.0 Å². The molecular weight excluding hydrogens is 300 g/mol. The van der Waals surface area contributed by atoms with Crippen LogP contribution in [0.5, 0.6) is 0 Å². The molecule has 0 radical (unpaired) electrons. The van der Waals surface area contributed by atoms with E-state index in [2.05, 4.69) is 0 Å². The van der Waals surface area contributed by atoms with E-state index in [0.29, 0.717) is 0 Å². The summed E-state index contributed by atoms with van der Waals surface area (Å²) in [6.07, 6.45) is 6.22. The molecule has 0 saturated heterocycles. The molecule has 7 heteroatoms. The van der Waals surface area contributed by atoms with E-state index in [-0.39, 0.29) is 28.8 Å². The van der Waals surface area contributed by atoms with Crippen LogP contribution in [0.4, 0.5) is 5.69 Å². The van der Waals surface area contributed by atoms with Crippen molar-refractivity contribution >= 4 is 17.6 Å². The maximum absolute atomic E-state index is 12.6. The SMILES string of the molecule is CN(C(=O)c1cc(C(=O)O)cc([N+](=O)[O-])c1)C1CCCCCC1. The van der Waals surface area contributed by atoms with Crippen LogP contribution in [-0.4, -0.2) is 39.9 Å². The van der Waals surface area contributed by atoms with Crippen LogP contribution in [-0.2, 0) is 0 Å². The summed E-state index contributed by atoms with van der Waals surface area (Å²) in [5.41, 5.74) is -0.595. The number of carbonyl (C=O) groups excluding carboxylic acids is 1. The second-order valence-electron chi connectivity index (χ2n) is 5.89. The monoisotopic (exact) mass is 320 g/mol. The minimum absolute atomic E-state index is 0.0448. The summed E-state index contributed by atoms with van der Waals surface area (Å²) in [4.78, 5) is 35.6. The normalized spacial score (nSPS) is 15.7. The molecule has 1 saturated carbocycles. The molecule has 2 rings (SSSR count). The number of benzene rings is 1. The lowest BCUT2D eigenvalue weighted by atomic mass is 10.0. The van der Waals surface area contributed by atoms with Crippen LogP contribution in [0.3, 0.4) is 0 Å². The van der Waals surface area contributed by atoms with Gasteiger partial charge in [0.15, 0.2) is 0 Å². The molecule has 0 unspecified atom stereocenters. The van der Waals surface area contributed by atoms with Crippen molar-refractivity contribution in [3.8, 4) is 0 Å². The van der Waals surface area contributed by atoms with Gasteiger partial charge in [0.1, 0.15) is 0 Å². The van der Waals surface area contributed by atoms with E-state index >= 15 is 0 Å². The Bertz CT molecular complexity index is 589. The second kappa shape index (κ2) is 7.21. The summed E-state index contributed by atoms with van der Waals surface area (Å²) < 4.78 is 0. The average molecular weight is 320 g/mol. The summed E-state index contributed by atoms with van der Waals surface area (Å²) in [5, 5.41) is 20.0. The van der Waals surface area contributed by atoms with Gasteiger partial charge in [-0.05, 0) is 18.9 Å². The lowest BCUT2D eigenvalue weighted by molar-refractivity contribution is -0.384. The first-order chi connectivity index (χ1) is 10.9. The zero-order valence-electron chi connectivity index (χ0n) is 13.0. The predicted molar refractivity (Wildman–Crippen MR) is 83.6 cm³/mol. The summed E-state index contributed by atoms with van der Waals surface area (Å²) in [6.45, 7) is 0. The van der Waals surface area contributed by atoms with Gasteiger partial charge >= 0.3 is 5.97 Å². The number of rotatable bonds is 4. The fourth-order valence-electron chi connectivity index (χ4n) is 2.98. The quantitative estimate of drug-likeness (QED) is 0.522. The van der Waals surface area contributed by atoms with Crippen LogP contribution < -0.4 is 0 Å². The summed E-state index contributed by atoms with van der Waals surface area (Å²) in [7, 11) is 1.68. The maximum Gasteiger partial charge on any atom is 0.335 e. The highest BCUT2D eigenvalue weighted by Gasteiger charge is 2.25. The van der Waals surface area contributed by atoms with Gasteiger partial charge in [-0.15, -0.1) is 0 Å². The van der Waals surface area contributed by atoms with E-state index in [4.69, 9.17) is 5.11 Å². The third-order valence-corrected chi connectivity index (χ3v) is 4.32. The van der Waals surface area contributed by atoms with Crippen molar-refractivity contribution in [3.05, 3.63) is 39.4 Å². The molecule has 7 nitrogen and oxygen atoms in total. The largest absolute Gasteiger partial charge is 0.478 e. The molecule has 0 aromatic heterocycles. The molecule has 1 aromatic rings. The van der Waals surface area contributed by atoms with Crippen LogP contribution in [0.1, 0.15) is 59.2 Å². The Morgan fingerprint density at radius 2 is 1.70 bits per heavy atom. The van der Waals surface area contributed by atoms with Gasteiger partial charge in [-0.2, -0.15) is 0 Å². The number of nitro benzene ring substituents is 1. The fraction of sp³-hybridized carbons (Fsp3) is 0.500. The molecule has 0 bridgehead atoms. The van der Waals surface area contributed by atoms with Crippen LogP contribution in [0.25, 0.3) is 0 Å². The highest BCUT2D eigenvalue weighted by atomic mass is 16.6. The van der Waals surface area contributed by atoms with Gasteiger partial charge in [-0.1, -0.05) is 25.7 Å². The molecule has 23 heavy (non-hydrogen) atoms. The van der Waals surface area contributed by atoms with Crippen molar-refractivity contribution in [1.82, 2.24) is 4.90 Å². The number of carboxylic acid groups (broad SMARTS) is 1. The van der Waals surface area contributed by atoms with E-state index < -0.39 is 10.9 Å².